The van der Waals surface area contributed by atoms with E-state index in [1.54, 1.807) is 13.8 Å². The molecule has 32 heavy (non-hydrogen) atoms. The Morgan fingerprint density at radius 3 is 2.38 bits per heavy atom. The second kappa shape index (κ2) is 8.13. The molecule has 0 amide bonds. The minimum atomic E-state index is -4.00. The fraction of sp³-hybridized carbons (Fsp3) is 0.100. The molecule has 0 radical (unpaired) electrons. The van der Waals surface area contributed by atoms with Crippen LogP contribution in [0.25, 0.3) is 16.7 Å². The fourth-order valence-corrected chi connectivity index (χ4v) is 4.38. The Bertz CT molecular complexity index is 1490. The number of aryl methyl sites for hydroxylation is 2. The molecule has 12 heteroatoms. The Morgan fingerprint density at radius 1 is 1.06 bits per heavy atom. The highest BCUT2D eigenvalue weighted by atomic mass is 32.2. The summed E-state index contributed by atoms with van der Waals surface area (Å²) in [4.78, 5) is 12.7. The summed E-state index contributed by atoms with van der Waals surface area (Å²) in [7, 11) is -4.00. The van der Waals surface area contributed by atoms with Crippen molar-refractivity contribution in [3.63, 3.8) is 0 Å². The van der Waals surface area contributed by atoms with E-state index in [1.807, 2.05) is 0 Å². The summed E-state index contributed by atoms with van der Waals surface area (Å²) in [6.07, 6.45) is 0. The maximum Gasteiger partial charge on any atom is 0.284 e. The topological polar surface area (TPSA) is 119 Å². The SMILES string of the molecule is Cc1nn(-c2ccc(S(=O)(=O)NC(=S)Nc3ccc(F)cc3)cc2)c(=O)c2c(C)noc12. The number of rotatable bonds is 4. The van der Waals surface area contributed by atoms with Crippen LogP contribution in [-0.4, -0.2) is 28.5 Å². The van der Waals surface area contributed by atoms with Gasteiger partial charge in [0, 0.05) is 5.69 Å². The van der Waals surface area contributed by atoms with Crippen LogP contribution in [0, 0.1) is 19.7 Å². The number of fused-ring (bicyclic) bond motifs is 1. The number of halogens is 1. The van der Waals surface area contributed by atoms with Crippen molar-refractivity contribution in [2.24, 2.45) is 0 Å². The molecule has 4 rings (SSSR count). The summed E-state index contributed by atoms with van der Waals surface area (Å²) in [5, 5.41) is 10.8. The molecule has 9 nitrogen and oxygen atoms in total. The summed E-state index contributed by atoms with van der Waals surface area (Å²) in [5.41, 5.74) is 1.59. The fourth-order valence-electron chi connectivity index (χ4n) is 3.03. The first-order valence-electron chi connectivity index (χ1n) is 9.21. The maximum absolute atomic E-state index is 13.0. The molecule has 0 aliphatic heterocycles. The van der Waals surface area contributed by atoms with Crippen LogP contribution in [-0.2, 0) is 10.0 Å². The van der Waals surface area contributed by atoms with Gasteiger partial charge < -0.3 is 9.84 Å². The molecule has 2 heterocycles. The second-order valence-electron chi connectivity index (χ2n) is 6.83. The van der Waals surface area contributed by atoms with E-state index >= 15 is 0 Å². The monoisotopic (exact) mass is 473 g/mol. The quantitative estimate of drug-likeness (QED) is 0.435. The molecule has 0 aliphatic rings. The number of nitrogens with zero attached hydrogens (tertiary/aromatic N) is 3. The van der Waals surface area contributed by atoms with Gasteiger partial charge in [0.1, 0.15) is 16.9 Å². The molecule has 2 aromatic carbocycles. The number of anilines is 1. The van der Waals surface area contributed by atoms with Gasteiger partial charge in [-0.2, -0.15) is 9.78 Å². The Labute approximate surface area is 186 Å². The second-order valence-corrected chi connectivity index (χ2v) is 8.93. The third-order valence-electron chi connectivity index (χ3n) is 4.57. The maximum atomic E-state index is 13.0. The predicted molar refractivity (Wildman–Crippen MR) is 120 cm³/mol. The van der Waals surface area contributed by atoms with Gasteiger partial charge in [0.05, 0.1) is 16.3 Å². The minimum absolute atomic E-state index is 0.0727. The van der Waals surface area contributed by atoms with Crippen molar-refractivity contribution in [1.29, 1.82) is 0 Å². The predicted octanol–water partition coefficient (Wildman–Crippen LogP) is 2.80. The van der Waals surface area contributed by atoms with Crippen molar-refractivity contribution in [2.75, 3.05) is 5.32 Å². The van der Waals surface area contributed by atoms with Crippen molar-refractivity contribution in [1.82, 2.24) is 19.7 Å². The Hall–Kier alpha value is -3.64. The molecule has 0 spiro atoms. The zero-order chi connectivity index (χ0) is 23.0. The van der Waals surface area contributed by atoms with E-state index in [-0.39, 0.29) is 10.0 Å². The highest BCUT2D eigenvalue weighted by Gasteiger charge is 2.19. The molecule has 0 aliphatic carbocycles. The number of nitrogens with one attached hydrogen (secondary N) is 2. The third kappa shape index (κ3) is 4.09. The lowest BCUT2D eigenvalue weighted by molar-refractivity contribution is 0.447. The summed E-state index contributed by atoms with van der Waals surface area (Å²) >= 11 is 5.03. The van der Waals surface area contributed by atoms with Crippen molar-refractivity contribution < 1.29 is 17.3 Å². The summed E-state index contributed by atoms with van der Waals surface area (Å²) in [5.74, 6) is -0.427. The number of aromatic nitrogens is 3. The smallest absolute Gasteiger partial charge is 0.284 e. The molecule has 0 atom stereocenters. The van der Waals surface area contributed by atoms with E-state index in [1.165, 1.54) is 48.5 Å². The molecule has 4 aromatic rings. The molecular weight excluding hydrogens is 457 g/mol. The lowest BCUT2D eigenvalue weighted by Crippen LogP contribution is -2.34. The first kappa shape index (κ1) is 21.6. The first-order valence-corrected chi connectivity index (χ1v) is 11.1. The van der Waals surface area contributed by atoms with Gasteiger partial charge >= 0.3 is 0 Å². The average molecular weight is 474 g/mol. The van der Waals surface area contributed by atoms with Crippen LogP contribution in [0.2, 0.25) is 0 Å². The van der Waals surface area contributed by atoms with Gasteiger partial charge in [-0.3, -0.25) is 9.52 Å². The van der Waals surface area contributed by atoms with Gasteiger partial charge in [-0.25, -0.2) is 12.8 Å². The number of benzene rings is 2. The molecule has 0 unspecified atom stereocenters. The van der Waals surface area contributed by atoms with Crippen LogP contribution in [0.3, 0.4) is 0 Å². The number of thiocarbonyl (C=S) groups is 1. The van der Waals surface area contributed by atoms with Gasteiger partial charge in [0.15, 0.2) is 10.7 Å². The number of sulfonamides is 1. The third-order valence-corrected chi connectivity index (χ3v) is 6.27. The highest BCUT2D eigenvalue weighted by Crippen LogP contribution is 2.18. The van der Waals surface area contributed by atoms with Gasteiger partial charge in [0.25, 0.3) is 15.6 Å². The molecule has 164 valence electrons. The van der Waals surface area contributed by atoms with Crippen molar-refractivity contribution in [3.8, 4) is 5.69 Å². The van der Waals surface area contributed by atoms with Crippen LogP contribution < -0.4 is 15.6 Å². The highest BCUT2D eigenvalue weighted by molar-refractivity contribution is 7.92. The minimum Gasteiger partial charge on any atom is -0.354 e. The van der Waals surface area contributed by atoms with Crippen molar-refractivity contribution in [2.45, 2.75) is 18.7 Å². The van der Waals surface area contributed by atoms with Gasteiger partial charge in [-0.15, -0.1) is 0 Å². The molecule has 2 N–H and O–H groups in total. The van der Waals surface area contributed by atoms with Gasteiger partial charge in [-0.05, 0) is 74.6 Å². The van der Waals surface area contributed by atoms with E-state index in [4.69, 9.17) is 16.7 Å². The largest absolute Gasteiger partial charge is 0.354 e. The lowest BCUT2D eigenvalue weighted by Gasteiger charge is -2.12. The molecule has 2 aromatic heterocycles. The molecule has 0 saturated heterocycles. The van der Waals surface area contributed by atoms with Gasteiger partial charge in [0.2, 0.25) is 0 Å². The first-order chi connectivity index (χ1) is 15.2. The summed E-state index contributed by atoms with van der Waals surface area (Å²) in [6.45, 7) is 3.34. The lowest BCUT2D eigenvalue weighted by atomic mass is 10.2. The van der Waals surface area contributed by atoms with Crippen molar-refractivity contribution in [3.05, 3.63) is 76.1 Å². The Kier molecular flexibility index (Phi) is 5.48. The number of hydrogen-bond acceptors (Lipinski definition) is 7. The molecule has 0 fully saturated rings. The number of hydrogen-bond donors (Lipinski definition) is 2. The molecular formula is C20H16FN5O4S2. The van der Waals surface area contributed by atoms with Crippen LogP contribution >= 0.6 is 12.2 Å². The van der Waals surface area contributed by atoms with Crippen LogP contribution in [0.5, 0.6) is 0 Å². The zero-order valence-electron chi connectivity index (χ0n) is 16.8. The average Bonchev–Trinajstić information content (AvgIpc) is 3.14. The normalized spacial score (nSPS) is 11.5. The van der Waals surface area contributed by atoms with E-state index in [0.717, 1.165) is 4.68 Å². The Morgan fingerprint density at radius 2 is 1.72 bits per heavy atom. The van der Waals surface area contributed by atoms with E-state index in [2.05, 4.69) is 20.3 Å². The van der Waals surface area contributed by atoms with E-state index < -0.39 is 21.4 Å². The van der Waals surface area contributed by atoms with Crippen LogP contribution in [0.4, 0.5) is 10.1 Å². The van der Waals surface area contributed by atoms with Crippen molar-refractivity contribution >= 4 is 44.0 Å². The standard InChI is InChI=1S/C20H16FN5O4S2/c1-11-17-18(30-24-11)12(2)23-26(19(17)27)15-7-9-16(10-8-15)32(28,29)25-20(31)22-14-5-3-13(21)4-6-14/h3-10H,1-2H3,(H2,22,25,31). The zero-order valence-corrected chi connectivity index (χ0v) is 18.4. The van der Waals surface area contributed by atoms with E-state index in [9.17, 15) is 17.6 Å². The van der Waals surface area contributed by atoms with Gasteiger partial charge in [-0.1, -0.05) is 5.16 Å². The van der Waals surface area contributed by atoms with Crippen LogP contribution in [0.1, 0.15) is 11.4 Å². The van der Waals surface area contributed by atoms with Crippen LogP contribution in [0.15, 0.2) is 62.7 Å². The Balaban J connectivity index is 1.58. The van der Waals surface area contributed by atoms with E-state index in [0.29, 0.717) is 33.7 Å². The summed E-state index contributed by atoms with van der Waals surface area (Å²) < 4.78 is 46.8. The molecule has 0 bridgehead atoms. The molecule has 0 saturated carbocycles. The summed E-state index contributed by atoms with van der Waals surface area (Å²) in [6, 6.07) is 10.8.